The summed E-state index contributed by atoms with van der Waals surface area (Å²) < 4.78 is 0. The minimum atomic E-state index is -0.888. The minimum Gasteiger partial charge on any atom is -0.481 e. The molecule has 2 N–H and O–H groups in total. The van der Waals surface area contributed by atoms with Gasteiger partial charge in [-0.2, -0.15) is 0 Å². The van der Waals surface area contributed by atoms with E-state index in [0.717, 1.165) is 12.8 Å². The van der Waals surface area contributed by atoms with Crippen molar-refractivity contribution in [3.05, 3.63) is 0 Å². The zero-order valence-corrected chi connectivity index (χ0v) is 11.0. The number of rotatable bonds is 8. The largest absolute Gasteiger partial charge is 0.481 e. The van der Waals surface area contributed by atoms with Gasteiger partial charge < -0.3 is 15.3 Å². The van der Waals surface area contributed by atoms with Crippen molar-refractivity contribution >= 4 is 12.0 Å². The maximum absolute atomic E-state index is 11.6. The van der Waals surface area contributed by atoms with Crippen molar-refractivity contribution in [2.75, 3.05) is 13.6 Å². The second-order valence-corrected chi connectivity index (χ2v) is 4.41. The fourth-order valence-electron chi connectivity index (χ4n) is 1.46. The number of aliphatic carboxylic acids is 1. The molecule has 0 saturated heterocycles. The molecule has 0 bridgehead atoms. The number of hydrogen-bond donors (Lipinski definition) is 2. The number of urea groups is 1. The molecule has 0 aliphatic carbocycles. The molecule has 0 spiro atoms. The third kappa shape index (κ3) is 8.54. The molecular weight excluding hydrogens is 220 g/mol. The molecule has 5 nitrogen and oxygen atoms in total. The van der Waals surface area contributed by atoms with Gasteiger partial charge in [0.25, 0.3) is 0 Å². The highest BCUT2D eigenvalue weighted by Crippen LogP contribution is 2.03. The maximum atomic E-state index is 11.6. The second kappa shape index (κ2) is 8.84. The Hall–Kier alpha value is -1.26. The molecule has 0 fully saturated rings. The lowest BCUT2D eigenvalue weighted by Gasteiger charge is -2.20. The molecule has 0 radical (unpaired) electrons. The highest BCUT2D eigenvalue weighted by molar-refractivity contribution is 5.75. The Morgan fingerprint density at radius 2 is 2.00 bits per heavy atom. The lowest BCUT2D eigenvalue weighted by Crippen LogP contribution is -2.42. The number of hydrogen-bond acceptors (Lipinski definition) is 2. The molecule has 17 heavy (non-hydrogen) atoms. The predicted octanol–water partition coefficient (Wildman–Crippen LogP) is 2.07. The highest BCUT2D eigenvalue weighted by Gasteiger charge is 2.12. The molecule has 100 valence electrons. The van der Waals surface area contributed by atoms with Crippen LogP contribution in [0.4, 0.5) is 4.79 Å². The van der Waals surface area contributed by atoms with Crippen LogP contribution in [0.1, 0.15) is 46.0 Å². The van der Waals surface area contributed by atoms with Gasteiger partial charge in [0.1, 0.15) is 0 Å². The Balaban J connectivity index is 3.78. The van der Waals surface area contributed by atoms with Crippen LogP contribution in [0.2, 0.25) is 0 Å². The van der Waals surface area contributed by atoms with E-state index in [1.807, 2.05) is 6.92 Å². The fourth-order valence-corrected chi connectivity index (χ4v) is 1.46. The first kappa shape index (κ1) is 15.7. The summed E-state index contributed by atoms with van der Waals surface area (Å²) in [5, 5.41) is 11.4. The molecular formula is C12H24N2O3. The quantitative estimate of drug-likeness (QED) is 0.642. The summed E-state index contributed by atoms with van der Waals surface area (Å²) in [4.78, 5) is 23.4. The Morgan fingerprint density at radius 1 is 1.35 bits per heavy atom. The first-order valence-corrected chi connectivity index (χ1v) is 6.20. The number of carboxylic acid groups (broad SMARTS) is 1. The van der Waals surface area contributed by atoms with Crippen molar-refractivity contribution in [2.24, 2.45) is 0 Å². The van der Waals surface area contributed by atoms with Gasteiger partial charge in [-0.1, -0.05) is 26.2 Å². The predicted molar refractivity (Wildman–Crippen MR) is 67.0 cm³/mol. The summed E-state index contributed by atoms with van der Waals surface area (Å²) in [6.45, 7) is 4.35. The second-order valence-electron chi connectivity index (χ2n) is 4.41. The average Bonchev–Trinajstić information content (AvgIpc) is 2.26. The summed E-state index contributed by atoms with van der Waals surface area (Å²) in [6, 6.07) is -0.0587. The Bertz CT molecular complexity index is 244. The molecule has 0 heterocycles. The lowest BCUT2D eigenvalue weighted by molar-refractivity contribution is -0.137. The van der Waals surface area contributed by atoms with Crippen LogP contribution >= 0.6 is 0 Å². The van der Waals surface area contributed by atoms with Crippen molar-refractivity contribution in [1.82, 2.24) is 10.2 Å². The molecule has 1 unspecified atom stereocenters. The molecule has 2 amide bonds. The Morgan fingerprint density at radius 3 is 2.53 bits per heavy atom. The molecule has 0 aliphatic rings. The van der Waals surface area contributed by atoms with Gasteiger partial charge in [-0.15, -0.1) is 0 Å². The fraction of sp³-hybridized carbons (Fsp3) is 0.833. The van der Waals surface area contributed by atoms with Gasteiger partial charge >= 0.3 is 12.0 Å². The number of carboxylic acids is 1. The van der Waals surface area contributed by atoms with Crippen molar-refractivity contribution in [3.8, 4) is 0 Å². The van der Waals surface area contributed by atoms with E-state index in [-0.39, 0.29) is 25.0 Å². The third-order valence-corrected chi connectivity index (χ3v) is 2.62. The van der Waals surface area contributed by atoms with Crippen molar-refractivity contribution in [2.45, 2.75) is 52.0 Å². The number of nitrogens with zero attached hydrogens (tertiary/aromatic N) is 1. The number of nitrogens with one attached hydrogen (secondary N) is 1. The smallest absolute Gasteiger partial charge is 0.317 e. The van der Waals surface area contributed by atoms with E-state index in [4.69, 9.17) is 5.11 Å². The summed E-state index contributed by atoms with van der Waals surface area (Å²) in [5.41, 5.74) is 0. The van der Waals surface area contributed by atoms with Crippen molar-refractivity contribution in [1.29, 1.82) is 0 Å². The van der Waals surface area contributed by atoms with Gasteiger partial charge in [0.2, 0.25) is 0 Å². The zero-order valence-electron chi connectivity index (χ0n) is 11.0. The van der Waals surface area contributed by atoms with E-state index < -0.39 is 5.97 Å². The molecule has 0 aromatic rings. The van der Waals surface area contributed by atoms with Crippen LogP contribution in [-0.2, 0) is 4.79 Å². The van der Waals surface area contributed by atoms with Gasteiger partial charge in [-0.3, -0.25) is 4.79 Å². The molecule has 0 aromatic carbocycles. The van der Waals surface area contributed by atoms with E-state index in [0.29, 0.717) is 0 Å². The molecule has 0 aromatic heterocycles. The highest BCUT2D eigenvalue weighted by atomic mass is 16.4. The average molecular weight is 244 g/mol. The van der Waals surface area contributed by atoms with Gasteiger partial charge in [0.05, 0.1) is 6.42 Å². The SMILES string of the molecule is CCCCCC(C)NC(=O)N(C)CCC(=O)O. The number of amides is 2. The minimum absolute atomic E-state index is 0.0197. The lowest BCUT2D eigenvalue weighted by atomic mass is 10.1. The first-order valence-electron chi connectivity index (χ1n) is 6.20. The number of carbonyl (C=O) groups excluding carboxylic acids is 1. The van der Waals surface area contributed by atoms with Crippen LogP contribution in [0.25, 0.3) is 0 Å². The van der Waals surface area contributed by atoms with Crippen LogP contribution < -0.4 is 5.32 Å². The summed E-state index contributed by atoms with van der Waals surface area (Å²) >= 11 is 0. The van der Waals surface area contributed by atoms with E-state index in [9.17, 15) is 9.59 Å². The van der Waals surface area contributed by atoms with Crippen LogP contribution in [0.15, 0.2) is 0 Å². The van der Waals surface area contributed by atoms with E-state index in [2.05, 4.69) is 12.2 Å². The standard InChI is InChI=1S/C12H24N2O3/c1-4-5-6-7-10(2)13-12(17)14(3)9-8-11(15)16/h10H,4-9H2,1-3H3,(H,13,17)(H,15,16). The molecule has 5 heteroatoms. The molecule has 0 rings (SSSR count). The molecule has 0 saturated carbocycles. The van der Waals surface area contributed by atoms with Gasteiger partial charge in [0.15, 0.2) is 0 Å². The van der Waals surface area contributed by atoms with Crippen LogP contribution in [0.5, 0.6) is 0 Å². The maximum Gasteiger partial charge on any atom is 0.317 e. The topological polar surface area (TPSA) is 69.6 Å². The molecule has 1 atom stereocenters. The van der Waals surface area contributed by atoms with Crippen molar-refractivity contribution < 1.29 is 14.7 Å². The normalized spacial score (nSPS) is 11.9. The number of unbranched alkanes of at least 4 members (excludes halogenated alkanes) is 2. The van der Waals surface area contributed by atoms with Gasteiger partial charge in [-0.25, -0.2) is 4.79 Å². The Labute approximate surface area is 103 Å². The van der Waals surface area contributed by atoms with E-state index in [1.54, 1.807) is 7.05 Å². The monoisotopic (exact) mass is 244 g/mol. The van der Waals surface area contributed by atoms with Crippen LogP contribution in [-0.4, -0.2) is 41.6 Å². The van der Waals surface area contributed by atoms with Gasteiger partial charge in [-0.05, 0) is 13.3 Å². The van der Waals surface area contributed by atoms with E-state index in [1.165, 1.54) is 17.7 Å². The van der Waals surface area contributed by atoms with E-state index >= 15 is 0 Å². The Kier molecular flexibility index (Phi) is 8.19. The van der Waals surface area contributed by atoms with Crippen molar-refractivity contribution in [3.63, 3.8) is 0 Å². The summed E-state index contributed by atoms with van der Waals surface area (Å²) in [7, 11) is 1.61. The number of carbonyl (C=O) groups is 2. The first-order chi connectivity index (χ1) is 7.97. The van der Waals surface area contributed by atoms with Gasteiger partial charge in [0, 0.05) is 19.6 Å². The van der Waals surface area contributed by atoms with Crippen LogP contribution in [0.3, 0.4) is 0 Å². The molecule has 0 aliphatic heterocycles. The zero-order chi connectivity index (χ0) is 13.3. The summed E-state index contributed by atoms with van der Waals surface area (Å²) in [5.74, 6) is -0.888. The third-order valence-electron chi connectivity index (χ3n) is 2.62. The summed E-state index contributed by atoms with van der Waals surface area (Å²) in [6.07, 6.45) is 4.39. The van der Waals surface area contributed by atoms with Crippen LogP contribution in [0, 0.1) is 0 Å².